The molecule has 96 valence electrons. The number of Topliss-reactive ketones (excluding diaryl/α,β-unsaturated/α-hetero) is 1. The smallest absolute Gasteiger partial charge is 0.204 e. The lowest BCUT2D eigenvalue weighted by molar-refractivity contribution is 0.0967. The number of rotatable bonds is 3. The number of ketones is 1. The summed E-state index contributed by atoms with van der Waals surface area (Å²) in [6.45, 7) is 0. The SMILES string of the molecule is Nc1nc(CC(=O)c2cc3cccc(F)c3o2)cs1. The molecule has 0 aliphatic heterocycles. The van der Waals surface area contributed by atoms with Gasteiger partial charge in [0.1, 0.15) is 0 Å². The number of carbonyl (C=O) groups excluding carboxylic acids is 1. The van der Waals surface area contributed by atoms with Gasteiger partial charge < -0.3 is 10.2 Å². The molecule has 0 amide bonds. The third-order valence-corrected chi connectivity index (χ3v) is 3.40. The standard InChI is InChI=1S/C13H9FN2O2S/c14-9-3-1-2-7-4-11(18-12(7)9)10(17)5-8-6-19-13(15)16-8/h1-4,6H,5H2,(H2,15,16). The number of carbonyl (C=O) groups is 1. The predicted octanol–water partition coefficient (Wildman–Crippen LogP) is 3.04. The number of hydrogen-bond acceptors (Lipinski definition) is 5. The molecular formula is C13H9FN2O2S. The van der Waals surface area contributed by atoms with Crippen molar-refractivity contribution < 1.29 is 13.6 Å². The lowest BCUT2D eigenvalue weighted by Gasteiger charge is -1.93. The fourth-order valence-electron chi connectivity index (χ4n) is 1.82. The average Bonchev–Trinajstić information content (AvgIpc) is 2.96. The van der Waals surface area contributed by atoms with E-state index < -0.39 is 5.82 Å². The Morgan fingerprint density at radius 3 is 3.00 bits per heavy atom. The second kappa shape index (κ2) is 4.47. The highest BCUT2D eigenvalue weighted by Crippen LogP contribution is 2.23. The third-order valence-electron chi connectivity index (χ3n) is 2.68. The van der Waals surface area contributed by atoms with Crippen molar-refractivity contribution in [3.05, 3.63) is 46.9 Å². The van der Waals surface area contributed by atoms with Gasteiger partial charge in [0.2, 0.25) is 5.78 Å². The molecule has 19 heavy (non-hydrogen) atoms. The Bertz CT molecular complexity index is 763. The molecule has 6 heteroatoms. The van der Waals surface area contributed by atoms with Gasteiger partial charge in [-0.25, -0.2) is 9.37 Å². The molecule has 0 aliphatic rings. The van der Waals surface area contributed by atoms with Gasteiger partial charge in [-0.15, -0.1) is 11.3 Å². The van der Waals surface area contributed by atoms with E-state index in [9.17, 15) is 9.18 Å². The molecule has 0 atom stereocenters. The number of nitrogen functional groups attached to an aromatic ring is 1. The molecule has 0 saturated heterocycles. The maximum atomic E-state index is 13.5. The zero-order valence-corrected chi connectivity index (χ0v) is 10.5. The molecule has 0 spiro atoms. The normalized spacial score (nSPS) is 11.0. The Morgan fingerprint density at radius 2 is 2.32 bits per heavy atom. The average molecular weight is 276 g/mol. The first-order valence-electron chi connectivity index (χ1n) is 5.54. The molecular weight excluding hydrogens is 267 g/mol. The largest absolute Gasteiger partial charge is 0.450 e. The summed E-state index contributed by atoms with van der Waals surface area (Å²) in [6.07, 6.45) is 0.0924. The molecule has 0 bridgehead atoms. The molecule has 0 radical (unpaired) electrons. The third kappa shape index (κ3) is 2.22. The first-order chi connectivity index (χ1) is 9.13. The van der Waals surface area contributed by atoms with Crippen molar-refractivity contribution in [1.29, 1.82) is 0 Å². The molecule has 4 nitrogen and oxygen atoms in total. The molecule has 0 fully saturated rings. The van der Waals surface area contributed by atoms with Crippen LogP contribution in [0.1, 0.15) is 16.2 Å². The number of nitrogens with zero attached hydrogens (tertiary/aromatic N) is 1. The van der Waals surface area contributed by atoms with Gasteiger partial charge in [-0.1, -0.05) is 12.1 Å². The Labute approximate surface area is 111 Å². The summed E-state index contributed by atoms with van der Waals surface area (Å²) in [7, 11) is 0. The fourth-order valence-corrected chi connectivity index (χ4v) is 2.38. The first kappa shape index (κ1) is 11.9. The molecule has 2 N–H and O–H groups in total. The van der Waals surface area contributed by atoms with Crippen molar-refractivity contribution in [2.75, 3.05) is 5.73 Å². The van der Waals surface area contributed by atoms with Crippen molar-refractivity contribution in [3.63, 3.8) is 0 Å². The minimum Gasteiger partial charge on any atom is -0.450 e. The Morgan fingerprint density at radius 1 is 1.47 bits per heavy atom. The van der Waals surface area contributed by atoms with Gasteiger partial charge in [0.05, 0.1) is 12.1 Å². The topological polar surface area (TPSA) is 69.1 Å². The number of anilines is 1. The first-order valence-corrected chi connectivity index (χ1v) is 6.42. The number of hydrogen-bond donors (Lipinski definition) is 1. The summed E-state index contributed by atoms with van der Waals surface area (Å²) in [5.41, 5.74) is 6.19. The van der Waals surface area contributed by atoms with Crippen molar-refractivity contribution in [3.8, 4) is 0 Å². The number of fused-ring (bicyclic) bond motifs is 1. The van der Waals surface area contributed by atoms with Gasteiger partial charge in [-0.2, -0.15) is 0 Å². The highest BCUT2D eigenvalue weighted by molar-refractivity contribution is 7.13. The van der Waals surface area contributed by atoms with Crippen molar-refractivity contribution in [2.24, 2.45) is 0 Å². The second-order valence-corrected chi connectivity index (χ2v) is 4.94. The van der Waals surface area contributed by atoms with Crippen LogP contribution in [0.25, 0.3) is 11.0 Å². The highest BCUT2D eigenvalue weighted by atomic mass is 32.1. The maximum absolute atomic E-state index is 13.5. The number of halogens is 1. The summed E-state index contributed by atoms with van der Waals surface area (Å²) in [6, 6.07) is 6.10. The number of thiazole rings is 1. The van der Waals surface area contributed by atoms with Crippen LogP contribution in [0.3, 0.4) is 0 Å². The maximum Gasteiger partial charge on any atom is 0.204 e. The van der Waals surface area contributed by atoms with Crippen molar-refractivity contribution in [1.82, 2.24) is 4.98 Å². The van der Waals surface area contributed by atoms with Crippen LogP contribution in [0.5, 0.6) is 0 Å². The van der Waals surface area contributed by atoms with E-state index in [4.69, 9.17) is 10.2 Å². The molecule has 3 aromatic rings. The number of furan rings is 1. The van der Waals surface area contributed by atoms with E-state index in [0.717, 1.165) is 0 Å². The fraction of sp³-hybridized carbons (Fsp3) is 0.0769. The molecule has 1 aromatic carbocycles. The van der Waals surface area contributed by atoms with Gasteiger partial charge in [-0.3, -0.25) is 4.79 Å². The van der Waals surface area contributed by atoms with Gasteiger partial charge >= 0.3 is 0 Å². The molecule has 0 aliphatic carbocycles. The zero-order valence-electron chi connectivity index (χ0n) is 9.72. The Hall–Kier alpha value is -2.21. The summed E-state index contributed by atoms with van der Waals surface area (Å²) in [4.78, 5) is 16.0. The van der Waals surface area contributed by atoms with Crippen LogP contribution >= 0.6 is 11.3 Å². The lowest BCUT2D eigenvalue weighted by atomic mass is 10.2. The molecule has 2 heterocycles. The monoisotopic (exact) mass is 276 g/mol. The van der Waals surface area contributed by atoms with Gasteiger partial charge in [-0.05, 0) is 12.1 Å². The summed E-state index contributed by atoms with van der Waals surface area (Å²) in [5.74, 6) is -0.595. The van der Waals surface area contributed by atoms with E-state index in [0.29, 0.717) is 16.2 Å². The predicted molar refractivity (Wildman–Crippen MR) is 70.7 cm³/mol. The van der Waals surface area contributed by atoms with E-state index in [2.05, 4.69) is 4.98 Å². The van der Waals surface area contributed by atoms with Crippen molar-refractivity contribution in [2.45, 2.75) is 6.42 Å². The van der Waals surface area contributed by atoms with Crippen LogP contribution in [0, 0.1) is 5.82 Å². The summed E-state index contributed by atoms with van der Waals surface area (Å²) < 4.78 is 18.7. The number of nitrogens with two attached hydrogens (primary N) is 1. The van der Waals surface area contributed by atoms with E-state index >= 15 is 0 Å². The molecule has 0 unspecified atom stereocenters. The quantitative estimate of drug-likeness (QED) is 0.746. The molecule has 3 rings (SSSR count). The van der Waals surface area contributed by atoms with Crippen molar-refractivity contribution >= 4 is 33.2 Å². The minimum atomic E-state index is -0.477. The van der Waals surface area contributed by atoms with Crippen LogP contribution in [0.4, 0.5) is 9.52 Å². The van der Waals surface area contributed by atoms with Crippen LogP contribution < -0.4 is 5.73 Å². The number of benzene rings is 1. The second-order valence-electron chi connectivity index (χ2n) is 4.05. The van der Waals surface area contributed by atoms with Crippen LogP contribution in [-0.4, -0.2) is 10.8 Å². The van der Waals surface area contributed by atoms with Crippen LogP contribution in [0.2, 0.25) is 0 Å². The van der Waals surface area contributed by atoms with E-state index in [1.54, 1.807) is 17.5 Å². The summed E-state index contributed by atoms with van der Waals surface area (Å²) >= 11 is 1.27. The Kier molecular flexibility index (Phi) is 2.79. The van der Waals surface area contributed by atoms with E-state index in [1.807, 2.05) is 0 Å². The number of aromatic nitrogens is 1. The highest BCUT2D eigenvalue weighted by Gasteiger charge is 2.16. The van der Waals surface area contributed by atoms with Gasteiger partial charge in [0.15, 0.2) is 22.3 Å². The van der Waals surface area contributed by atoms with Gasteiger partial charge in [0.25, 0.3) is 0 Å². The molecule has 0 saturated carbocycles. The summed E-state index contributed by atoms with van der Waals surface area (Å²) in [5, 5.41) is 2.70. The zero-order chi connectivity index (χ0) is 13.4. The van der Waals surface area contributed by atoms with E-state index in [1.165, 1.54) is 23.5 Å². The van der Waals surface area contributed by atoms with Crippen LogP contribution in [0.15, 0.2) is 34.1 Å². The lowest BCUT2D eigenvalue weighted by Crippen LogP contribution is -2.02. The number of para-hydroxylation sites is 1. The van der Waals surface area contributed by atoms with Crippen LogP contribution in [-0.2, 0) is 6.42 Å². The van der Waals surface area contributed by atoms with Gasteiger partial charge in [0, 0.05) is 10.8 Å². The Balaban J connectivity index is 1.91. The minimum absolute atomic E-state index is 0.0924. The van der Waals surface area contributed by atoms with E-state index in [-0.39, 0.29) is 23.5 Å². The molecule has 2 aromatic heterocycles.